The fourth-order valence-corrected chi connectivity index (χ4v) is 5.25. The van der Waals surface area contributed by atoms with Gasteiger partial charge in [-0.1, -0.05) is 55.4 Å². The second-order valence-corrected chi connectivity index (χ2v) is 10.2. The predicted molar refractivity (Wildman–Crippen MR) is 145 cm³/mol. The molecule has 190 valence electrons. The highest BCUT2D eigenvalue weighted by atomic mass is 32.2. The van der Waals surface area contributed by atoms with Gasteiger partial charge in [-0.3, -0.25) is 4.79 Å². The highest BCUT2D eigenvalue weighted by Gasteiger charge is 2.17. The van der Waals surface area contributed by atoms with Crippen molar-refractivity contribution in [2.75, 3.05) is 18.8 Å². The van der Waals surface area contributed by atoms with E-state index in [-0.39, 0.29) is 11.7 Å². The molecule has 0 N–H and O–H groups in total. The Kier molecular flexibility index (Phi) is 8.91. The average Bonchev–Trinajstić information content (AvgIpc) is 3.17. The first-order valence-electron chi connectivity index (χ1n) is 12.8. The number of fused-ring (bicyclic) bond motifs is 3. The van der Waals surface area contributed by atoms with Gasteiger partial charge in [0.25, 0.3) is 0 Å². The molecule has 0 spiro atoms. The Morgan fingerprint density at radius 1 is 1.06 bits per heavy atom. The number of unbranched alkanes of at least 4 members (excludes halogenated alkanes) is 1. The number of carbonyl (C=O) groups is 1. The Morgan fingerprint density at radius 3 is 2.58 bits per heavy atom. The highest BCUT2D eigenvalue weighted by Crippen LogP contribution is 2.29. The van der Waals surface area contributed by atoms with Crippen LogP contribution in [-0.2, 0) is 11.3 Å². The van der Waals surface area contributed by atoms with Crippen LogP contribution in [0.5, 0.6) is 0 Å². The lowest BCUT2D eigenvalue weighted by Crippen LogP contribution is -2.32. The molecule has 0 aliphatic heterocycles. The van der Waals surface area contributed by atoms with Crippen LogP contribution < -0.4 is 0 Å². The van der Waals surface area contributed by atoms with E-state index in [0.29, 0.717) is 29.3 Å². The first-order valence-corrected chi connectivity index (χ1v) is 13.8. The molecule has 0 fully saturated rings. The number of benzene rings is 2. The molecule has 2 aromatic carbocycles. The number of aromatic nitrogens is 4. The zero-order valence-electron chi connectivity index (χ0n) is 21.3. The lowest BCUT2D eigenvalue weighted by molar-refractivity contribution is -0.131. The van der Waals surface area contributed by atoms with E-state index < -0.39 is 0 Å². The number of thioether (sulfide) groups is 1. The van der Waals surface area contributed by atoms with Crippen molar-refractivity contribution < 1.29 is 9.18 Å². The lowest BCUT2D eigenvalue weighted by atomic mass is 10.1. The second kappa shape index (κ2) is 12.3. The zero-order valence-corrected chi connectivity index (χ0v) is 22.2. The van der Waals surface area contributed by atoms with E-state index in [0.717, 1.165) is 66.5 Å². The summed E-state index contributed by atoms with van der Waals surface area (Å²) in [6, 6.07) is 13.0. The Morgan fingerprint density at radius 2 is 1.83 bits per heavy atom. The van der Waals surface area contributed by atoms with Gasteiger partial charge in [-0.25, -0.2) is 9.37 Å². The summed E-state index contributed by atoms with van der Waals surface area (Å²) in [5, 5.41) is 10.5. The maximum absolute atomic E-state index is 14.5. The van der Waals surface area contributed by atoms with Crippen LogP contribution in [0.3, 0.4) is 0 Å². The molecular formula is C28H34FN5OS. The van der Waals surface area contributed by atoms with Crippen LogP contribution >= 0.6 is 11.8 Å². The Bertz CT molecular complexity index is 1330. The van der Waals surface area contributed by atoms with E-state index in [1.165, 1.54) is 6.07 Å². The van der Waals surface area contributed by atoms with Gasteiger partial charge in [0.2, 0.25) is 11.1 Å². The Hall–Kier alpha value is -3.00. The van der Waals surface area contributed by atoms with Crippen LogP contribution in [0.1, 0.15) is 57.1 Å². The van der Waals surface area contributed by atoms with Crippen LogP contribution in [0.15, 0.2) is 47.6 Å². The van der Waals surface area contributed by atoms with Crippen molar-refractivity contribution in [2.45, 2.75) is 64.6 Å². The summed E-state index contributed by atoms with van der Waals surface area (Å²) in [4.78, 5) is 19.3. The van der Waals surface area contributed by atoms with Crippen molar-refractivity contribution in [1.29, 1.82) is 0 Å². The van der Waals surface area contributed by atoms with Gasteiger partial charge in [0.1, 0.15) is 11.3 Å². The number of rotatable bonds is 12. The molecule has 0 aliphatic rings. The van der Waals surface area contributed by atoms with E-state index in [2.05, 4.69) is 30.1 Å². The van der Waals surface area contributed by atoms with Crippen molar-refractivity contribution in [3.05, 3.63) is 59.4 Å². The number of hydrogen-bond donors (Lipinski definition) is 0. The molecule has 1 amide bonds. The number of aryl methyl sites for hydroxylation is 1. The monoisotopic (exact) mass is 507 g/mol. The van der Waals surface area contributed by atoms with E-state index >= 15 is 0 Å². The molecule has 0 saturated carbocycles. The van der Waals surface area contributed by atoms with Gasteiger partial charge in [-0.15, -0.1) is 10.2 Å². The van der Waals surface area contributed by atoms with E-state index in [1.54, 1.807) is 23.9 Å². The van der Waals surface area contributed by atoms with Gasteiger partial charge in [0.15, 0.2) is 5.65 Å². The van der Waals surface area contributed by atoms with Crippen LogP contribution in [0.2, 0.25) is 0 Å². The quantitative estimate of drug-likeness (QED) is 0.164. The first kappa shape index (κ1) is 26.1. The zero-order chi connectivity index (χ0) is 25.5. The minimum Gasteiger partial charge on any atom is -0.343 e. The standard InChI is InChI=1S/C28H34FN5OS/c1-4-15-33(16-5-2)25(35)12-8-9-17-36-28-30-27-26(31-32-28)22-18-20(3)13-14-24(22)34(27)19-21-10-6-7-11-23(21)29/h6-7,10-11,13-14,18H,4-5,8-9,12,15-17,19H2,1-3H3. The molecule has 0 saturated heterocycles. The summed E-state index contributed by atoms with van der Waals surface area (Å²) in [6.07, 6.45) is 4.30. The van der Waals surface area contributed by atoms with Crippen LogP contribution in [-0.4, -0.2) is 49.4 Å². The summed E-state index contributed by atoms with van der Waals surface area (Å²) < 4.78 is 16.5. The summed E-state index contributed by atoms with van der Waals surface area (Å²) in [5.41, 5.74) is 4.13. The second-order valence-electron chi connectivity index (χ2n) is 9.15. The number of halogens is 1. The largest absolute Gasteiger partial charge is 0.343 e. The van der Waals surface area contributed by atoms with E-state index in [4.69, 9.17) is 4.98 Å². The minimum absolute atomic E-state index is 0.234. The van der Waals surface area contributed by atoms with Gasteiger partial charge < -0.3 is 9.47 Å². The molecule has 2 aromatic heterocycles. The van der Waals surface area contributed by atoms with Crippen LogP contribution in [0.25, 0.3) is 22.1 Å². The minimum atomic E-state index is -0.234. The fourth-order valence-electron chi connectivity index (χ4n) is 4.47. The average molecular weight is 508 g/mol. The molecular weight excluding hydrogens is 473 g/mol. The van der Waals surface area contributed by atoms with Gasteiger partial charge >= 0.3 is 0 Å². The maximum Gasteiger partial charge on any atom is 0.222 e. The van der Waals surface area contributed by atoms with Crippen molar-refractivity contribution in [1.82, 2.24) is 24.6 Å². The number of amides is 1. The molecule has 2 heterocycles. The lowest BCUT2D eigenvalue weighted by Gasteiger charge is -2.21. The Balaban J connectivity index is 1.48. The third-order valence-corrected chi connectivity index (χ3v) is 7.17. The molecule has 4 rings (SSSR count). The predicted octanol–water partition coefficient (Wildman–Crippen LogP) is 6.39. The van der Waals surface area contributed by atoms with E-state index in [9.17, 15) is 9.18 Å². The van der Waals surface area contributed by atoms with Crippen molar-refractivity contribution in [3.63, 3.8) is 0 Å². The molecule has 0 aliphatic carbocycles. The molecule has 0 radical (unpaired) electrons. The topological polar surface area (TPSA) is 63.9 Å². The number of hydrogen-bond acceptors (Lipinski definition) is 5. The van der Waals surface area contributed by atoms with Gasteiger partial charge in [0, 0.05) is 36.2 Å². The molecule has 0 unspecified atom stereocenters. The first-order chi connectivity index (χ1) is 17.5. The summed E-state index contributed by atoms with van der Waals surface area (Å²) in [5.74, 6) is 0.826. The number of carbonyl (C=O) groups excluding carboxylic acids is 1. The highest BCUT2D eigenvalue weighted by molar-refractivity contribution is 7.99. The summed E-state index contributed by atoms with van der Waals surface area (Å²) >= 11 is 1.55. The van der Waals surface area contributed by atoms with Crippen molar-refractivity contribution in [2.24, 2.45) is 0 Å². The smallest absolute Gasteiger partial charge is 0.222 e. The van der Waals surface area contributed by atoms with E-state index in [1.807, 2.05) is 34.6 Å². The van der Waals surface area contributed by atoms with Gasteiger partial charge in [0.05, 0.1) is 12.1 Å². The summed E-state index contributed by atoms with van der Waals surface area (Å²) in [7, 11) is 0. The van der Waals surface area contributed by atoms with Gasteiger partial charge in [-0.2, -0.15) is 0 Å². The molecule has 36 heavy (non-hydrogen) atoms. The van der Waals surface area contributed by atoms with Crippen molar-refractivity contribution in [3.8, 4) is 0 Å². The fraction of sp³-hybridized carbons (Fsp3) is 0.429. The molecule has 8 heteroatoms. The van der Waals surface area contributed by atoms with Gasteiger partial charge in [-0.05, 0) is 50.8 Å². The molecule has 0 atom stereocenters. The third kappa shape index (κ3) is 6.03. The normalized spacial score (nSPS) is 11.4. The van der Waals surface area contributed by atoms with Crippen LogP contribution in [0.4, 0.5) is 4.39 Å². The van der Waals surface area contributed by atoms with Crippen LogP contribution in [0, 0.1) is 12.7 Å². The van der Waals surface area contributed by atoms with Crippen molar-refractivity contribution >= 4 is 39.7 Å². The SMILES string of the molecule is CCCN(CCC)C(=O)CCCCSc1nnc2c3cc(C)ccc3n(Cc3ccccc3F)c2n1. The summed E-state index contributed by atoms with van der Waals surface area (Å²) in [6.45, 7) is 8.29. The third-order valence-electron chi connectivity index (χ3n) is 6.24. The molecule has 4 aromatic rings. The molecule has 6 nitrogen and oxygen atoms in total. The molecule has 0 bridgehead atoms. The number of nitrogens with zero attached hydrogens (tertiary/aromatic N) is 5. The Labute approximate surface area is 216 Å². The maximum atomic E-state index is 14.5.